The molecule has 100 valence electrons. The first-order valence-corrected chi connectivity index (χ1v) is 7.23. The Hall–Kier alpha value is -0.890. The Kier molecular flexibility index (Phi) is 4.76. The van der Waals surface area contributed by atoms with E-state index in [0.717, 1.165) is 22.9 Å². The smallest absolute Gasteiger partial charge is 0.146 e. The molecule has 0 amide bonds. The first-order chi connectivity index (χ1) is 8.68. The van der Waals surface area contributed by atoms with E-state index >= 15 is 0 Å². The number of hydrogen-bond donors (Lipinski definition) is 1. The molecular weight excluding hydrogens is 246 g/mol. The number of nitrogen functional groups attached to an aromatic ring is 1. The lowest BCUT2D eigenvalue weighted by atomic mass is 10.0. The second-order valence-electron chi connectivity index (χ2n) is 5.26. The van der Waals surface area contributed by atoms with Crippen LogP contribution in [0.2, 0.25) is 5.02 Å². The Morgan fingerprint density at radius 2 is 1.89 bits per heavy atom. The normalized spacial score (nSPS) is 17.4. The maximum atomic E-state index is 6.10. The minimum atomic E-state index is 0.672. The Morgan fingerprint density at radius 3 is 2.56 bits per heavy atom. The topological polar surface area (TPSA) is 35.2 Å². The van der Waals surface area contributed by atoms with Gasteiger partial charge in [-0.2, -0.15) is 0 Å². The van der Waals surface area contributed by atoms with Crippen LogP contribution in [0.15, 0.2) is 12.1 Å². The van der Waals surface area contributed by atoms with Gasteiger partial charge < -0.3 is 10.5 Å². The molecule has 0 atom stereocenters. The molecule has 18 heavy (non-hydrogen) atoms. The summed E-state index contributed by atoms with van der Waals surface area (Å²) in [5, 5.41) is 0.722. The lowest BCUT2D eigenvalue weighted by Crippen LogP contribution is -2.12. The van der Waals surface area contributed by atoms with E-state index in [1.807, 2.05) is 19.1 Å². The molecule has 1 aromatic rings. The van der Waals surface area contributed by atoms with Crippen LogP contribution in [-0.2, 0) is 0 Å². The lowest BCUT2D eigenvalue weighted by molar-refractivity contribution is 0.233. The fourth-order valence-electron chi connectivity index (χ4n) is 2.61. The zero-order valence-electron chi connectivity index (χ0n) is 11.0. The third-order valence-corrected chi connectivity index (χ3v) is 4.22. The molecule has 0 bridgehead atoms. The number of nitrogens with two attached hydrogens (primary N) is 1. The second-order valence-corrected chi connectivity index (χ2v) is 5.67. The van der Waals surface area contributed by atoms with Gasteiger partial charge in [-0.25, -0.2) is 0 Å². The molecule has 3 heteroatoms. The van der Waals surface area contributed by atoms with E-state index in [4.69, 9.17) is 22.1 Å². The van der Waals surface area contributed by atoms with Gasteiger partial charge in [-0.1, -0.05) is 37.3 Å². The fraction of sp³-hybridized carbons (Fsp3) is 0.600. The van der Waals surface area contributed by atoms with E-state index in [9.17, 15) is 0 Å². The number of benzene rings is 1. The summed E-state index contributed by atoms with van der Waals surface area (Å²) in [6, 6.07) is 3.64. The highest BCUT2D eigenvalue weighted by molar-refractivity contribution is 6.31. The number of rotatable bonds is 3. The van der Waals surface area contributed by atoms with E-state index in [0.29, 0.717) is 11.6 Å². The second kappa shape index (κ2) is 6.33. The average molecular weight is 268 g/mol. The monoisotopic (exact) mass is 267 g/mol. The van der Waals surface area contributed by atoms with Crippen molar-refractivity contribution < 1.29 is 4.74 Å². The predicted molar refractivity (Wildman–Crippen MR) is 77.3 cm³/mol. The zero-order valence-corrected chi connectivity index (χ0v) is 11.8. The third-order valence-electron chi connectivity index (χ3n) is 3.81. The first-order valence-electron chi connectivity index (χ1n) is 6.86. The van der Waals surface area contributed by atoms with Crippen LogP contribution in [0.4, 0.5) is 5.69 Å². The molecule has 1 fully saturated rings. The minimum absolute atomic E-state index is 0.672. The molecule has 1 aliphatic rings. The minimum Gasteiger partial charge on any atom is -0.491 e. The molecular formula is C15H22ClNO. The summed E-state index contributed by atoms with van der Waals surface area (Å²) in [4.78, 5) is 0. The van der Waals surface area contributed by atoms with Gasteiger partial charge in [0.25, 0.3) is 0 Å². The van der Waals surface area contributed by atoms with Crippen LogP contribution in [0, 0.1) is 12.8 Å². The summed E-state index contributed by atoms with van der Waals surface area (Å²) in [5.41, 5.74) is 7.59. The molecule has 2 rings (SSSR count). The molecule has 0 spiro atoms. The summed E-state index contributed by atoms with van der Waals surface area (Å²) in [6.07, 6.45) is 7.96. The lowest BCUT2D eigenvalue weighted by Gasteiger charge is -2.18. The Labute approximate surface area is 114 Å². The van der Waals surface area contributed by atoms with Gasteiger partial charge >= 0.3 is 0 Å². The fourth-order valence-corrected chi connectivity index (χ4v) is 2.76. The maximum absolute atomic E-state index is 6.10. The summed E-state index contributed by atoms with van der Waals surface area (Å²) in [6.45, 7) is 2.73. The van der Waals surface area contributed by atoms with Crippen LogP contribution >= 0.6 is 11.6 Å². The van der Waals surface area contributed by atoms with E-state index in [2.05, 4.69) is 0 Å². The van der Waals surface area contributed by atoms with Crippen LogP contribution in [0.3, 0.4) is 0 Å². The number of anilines is 1. The molecule has 1 aliphatic carbocycles. The van der Waals surface area contributed by atoms with Crippen molar-refractivity contribution in [2.75, 3.05) is 12.3 Å². The van der Waals surface area contributed by atoms with Crippen LogP contribution < -0.4 is 10.5 Å². The number of hydrogen-bond acceptors (Lipinski definition) is 2. The molecule has 1 aromatic carbocycles. The highest BCUT2D eigenvalue weighted by Gasteiger charge is 2.15. The van der Waals surface area contributed by atoms with Crippen molar-refractivity contribution in [3.63, 3.8) is 0 Å². The van der Waals surface area contributed by atoms with Gasteiger partial charge in [0.15, 0.2) is 0 Å². The molecule has 0 saturated heterocycles. The standard InChI is InChI=1S/C15H22ClNO/c1-11-13(16)8-9-14(17)15(11)18-10-12-6-4-2-3-5-7-12/h8-9,12H,2-7,10,17H2,1H3. The molecule has 2 nitrogen and oxygen atoms in total. The van der Waals surface area contributed by atoms with E-state index < -0.39 is 0 Å². The molecule has 0 radical (unpaired) electrons. The molecule has 0 aliphatic heterocycles. The summed E-state index contributed by atoms with van der Waals surface area (Å²) >= 11 is 6.10. The number of halogens is 1. The highest BCUT2D eigenvalue weighted by atomic mass is 35.5. The summed E-state index contributed by atoms with van der Waals surface area (Å²) in [7, 11) is 0. The highest BCUT2D eigenvalue weighted by Crippen LogP contribution is 2.33. The quantitative estimate of drug-likeness (QED) is 0.643. The van der Waals surface area contributed by atoms with Crippen molar-refractivity contribution in [3.05, 3.63) is 22.7 Å². The Bertz CT molecular complexity index is 398. The van der Waals surface area contributed by atoms with Crippen molar-refractivity contribution in [3.8, 4) is 5.75 Å². The van der Waals surface area contributed by atoms with Gasteiger partial charge in [-0.3, -0.25) is 0 Å². The van der Waals surface area contributed by atoms with Crippen molar-refractivity contribution in [2.45, 2.75) is 45.4 Å². The van der Waals surface area contributed by atoms with Gasteiger partial charge in [0.1, 0.15) is 5.75 Å². The van der Waals surface area contributed by atoms with E-state index in [1.165, 1.54) is 38.5 Å². The van der Waals surface area contributed by atoms with Crippen molar-refractivity contribution in [2.24, 2.45) is 5.92 Å². The van der Waals surface area contributed by atoms with Gasteiger partial charge in [0.05, 0.1) is 12.3 Å². The van der Waals surface area contributed by atoms with Crippen LogP contribution in [0.5, 0.6) is 5.75 Å². The molecule has 0 heterocycles. The van der Waals surface area contributed by atoms with Crippen molar-refractivity contribution in [1.82, 2.24) is 0 Å². The average Bonchev–Trinajstić information content (AvgIpc) is 2.63. The van der Waals surface area contributed by atoms with Gasteiger partial charge in [-0.15, -0.1) is 0 Å². The van der Waals surface area contributed by atoms with Gasteiger partial charge in [-0.05, 0) is 37.8 Å². The molecule has 0 aromatic heterocycles. The Morgan fingerprint density at radius 1 is 1.22 bits per heavy atom. The molecule has 0 unspecified atom stereocenters. The number of ether oxygens (including phenoxy) is 1. The SMILES string of the molecule is Cc1c(Cl)ccc(N)c1OCC1CCCCCC1. The van der Waals surface area contributed by atoms with Crippen molar-refractivity contribution >= 4 is 17.3 Å². The largest absolute Gasteiger partial charge is 0.491 e. The maximum Gasteiger partial charge on any atom is 0.146 e. The van der Waals surface area contributed by atoms with E-state index in [-0.39, 0.29) is 0 Å². The van der Waals surface area contributed by atoms with Gasteiger partial charge in [0.2, 0.25) is 0 Å². The van der Waals surface area contributed by atoms with E-state index in [1.54, 1.807) is 0 Å². The van der Waals surface area contributed by atoms with Crippen molar-refractivity contribution in [1.29, 1.82) is 0 Å². The third kappa shape index (κ3) is 3.32. The first kappa shape index (κ1) is 13.5. The van der Waals surface area contributed by atoms with Crippen LogP contribution in [0.25, 0.3) is 0 Å². The molecule has 1 saturated carbocycles. The summed E-state index contributed by atoms with van der Waals surface area (Å²) in [5.74, 6) is 1.44. The summed E-state index contributed by atoms with van der Waals surface area (Å²) < 4.78 is 5.93. The Balaban J connectivity index is 1.99. The predicted octanol–water partition coefficient (Wildman–Crippen LogP) is 4.58. The van der Waals surface area contributed by atoms with Crippen LogP contribution in [-0.4, -0.2) is 6.61 Å². The zero-order chi connectivity index (χ0) is 13.0. The van der Waals surface area contributed by atoms with Gasteiger partial charge in [0, 0.05) is 10.6 Å². The molecule has 2 N–H and O–H groups in total. The van der Waals surface area contributed by atoms with Crippen LogP contribution in [0.1, 0.15) is 44.1 Å².